The third-order valence-electron chi connectivity index (χ3n) is 4.82. The maximum absolute atomic E-state index is 13.3. The molecule has 2 aliphatic rings. The molecule has 1 saturated heterocycles. The van der Waals surface area contributed by atoms with E-state index in [2.05, 4.69) is 15.2 Å². The minimum atomic E-state index is -4.61. The fourth-order valence-electron chi connectivity index (χ4n) is 3.50. The number of benzene rings is 1. The van der Waals surface area contributed by atoms with Crippen LogP contribution in [0.5, 0.6) is 0 Å². The number of hydrogen-bond acceptors (Lipinski definition) is 5. The molecule has 1 N–H and O–H groups in total. The molecule has 2 aromatic rings. The van der Waals surface area contributed by atoms with Crippen LogP contribution in [0.25, 0.3) is 16.5 Å². The minimum absolute atomic E-state index is 0.0680. The summed E-state index contributed by atoms with van der Waals surface area (Å²) in [5.41, 5.74) is -0.661. The number of halogens is 3. The summed E-state index contributed by atoms with van der Waals surface area (Å²) < 4.78 is 45.2. The van der Waals surface area contributed by atoms with Crippen LogP contribution in [-0.4, -0.2) is 38.6 Å². The van der Waals surface area contributed by atoms with Crippen LogP contribution in [0.4, 0.5) is 18.9 Å². The van der Waals surface area contributed by atoms with Gasteiger partial charge in [-0.2, -0.15) is 13.2 Å². The molecule has 0 atom stereocenters. The van der Waals surface area contributed by atoms with E-state index in [0.29, 0.717) is 17.4 Å². The Labute approximate surface area is 153 Å². The number of nitrogens with zero attached hydrogens (tertiary/aromatic N) is 2. The molecule has 0 unspecified atom stereocenters. The van der Waals surface area contributed by atoms with Gasteiger partial charge in [-0.25, -0.2) is 4.79 Å². The first-order chi connectivity index (χ1) is 12.9. The van der Waals surface area contributed by atoms with E-state index in [1.165, 1.54) is 12.3 Å². The highest BCUT2D eigenvalue weighted by Crippen LogP contribution is 2.37. The second-order valence-electron chi connectivity index (χ2n) is 6.58. The number of fused-ring (bicyclic) bond motifs is 1. The van der Waals surface area contributed by atoms with Crippen LogP contribution in [0.3, 0.4) is 0 Å². The van der Waals surface area contributed by atoms with Gasteiger partial charge in [0.05, 0.1) is 5.56 Å². The van der Waals surface area contributed by atoms with Crippen LogP contribution in [-0.2, 0) is 0 Å². The Kier molecular flexibility index (Phi) is 4.51. The molecule has 1 fully saturated rings. The van der Waals surface area contributed by atoms with Gasteiger partial charge in [0.15, 0.2) is 0 Å². The molecule has 0 spiro atoms. The third kappa shape index (κ3) is 3.49. The van der Waals surface area contributed by atoms with Gasteiger partial charge in [-0.15, -0.1) is 0 Å². The highest BCUT2D eigenvalue weighted by molar-refractivity contribution is 5.85. The van der Waals surface area contributed by atoms with Crippen molar-refractivity contribution in [2.24, 2.45) is 4.99 Å². The van der Waals surface area contributed by atoms with E-state index >= 15 is 0 Å². The van der Waals surface area contributed by atoms with Gasteiger partial charge in [0, 0.05) is 49.5 Å². The number of alkyl halides is 3. The van der Waals surface area contributed by atoms with Crippen LogP contribution in [0, 0.1) is 0 Å². The van der Waals surface area contributed by atoms with Gasteiger partial charge in [0.2, 0.25) is 0 Å². The Morgan fingerprint density at radius 2 is 1.93 bits per heavy atom. The van der Waals surface area contributed by atoms with Gasteiger partial charge in [-0.3, -0.25) is 4.99 Å². The molecular formula is C19H18F3N3O2. The lowest BCUT2D eigenvalue weighted by Crippen LogP contribution is -2.43. The standard InChI is InChI=1S/C19H18F3N3O2/c20-19(21,22)17-14(2-1-5-24-17)15-10-12-3-4-13(11-16(12)27-18(15)26)25-8-6-23-7-9-25/h3-5,10-11,23H,1-2,6-9H2. The van der Waals surface area contributed by atoms with Crippen molar-refractivity contribution >= 4 is 28.4 Å². The van der Waals surface area contributed by atoms with Crippen molar-refractivity contribution in [2.75, 3.05) is 31.1 Å². The van der Waals surface area contributed by atoms with E-state index in [0.717, 1.165) is 31.9 Å². The zero-order chi connectivity index (χ0) is 19.0. The molecule has 8 heteroatoms. The quantitative estimate of drug-likeness (QED) is 0.816. The highest BCUT2D eigenvalue weighted by Gasteiger charge is 2.38. The molecule has 27 heavy (non-hydrogen) atoms. The number of piperazine rings is 1. The Morgan fingerprint density at radius 3 is 2.67 bits per heavy atom. The summed E-state index contributed by atoms with van der Waals surface area (Å²) >= 11 is 0. The summed E-state index contributed by atoms with van der Waals surface area (Å²) in [6.07, 6.45) is -2.92. The first kappa shape index (κ1) is 17.8. The van der Waals surface area contributed by atoms with Crippen molar-refractivity contribution in [1.82, 2.24) is 5.32 Å². The summed E-state index contributed by atoms with van der Waals surface area (Å²) in [5, 5.41) is 3.86. The highest BCUT2D eigenvalue weighted by atomic mass is 19.4. The maximum atomic E-state index is 13.3. The number of anilines is 1. The van der Waals surface area contributed by atoms with Crippen LogP contribution < -0.4 is 15.8 Å². The molecular weight excluding hydrogens is 359 g/mol. The fraction of sp³-hybridized carbons (Fsp3) is 0.368. The van der Waals surface area contributed by atoms with Gasteiger partial charge >= 0.3 is 11.8 Å². The summed E-state index contributed by atoms with van der Waals surface area (Å²) in [4.78, 5) is 18.1. The van der Waals surface area contributed by atoms with Crippen molar-refractivity contribution in [3.05, 3.63) is 45.9 Å². The van der Waals surface area contributed by atoms with Crippen molar-refractivity contribution < 1.29 is 17.6 Å². The van der Waals surface area contributed by atoms with Gasteiger partial charge in [0.1, 0.15) is 11.3 Å². The molecule has 1 aromatic carbocycles. The summed E-state index contributed by atoms with van der Waals surface area (Å²) in [6, 6.07) is 6.92. The van der Waals surface area contributed by atoms with E-state index in [1.54, 1.807) is 12.1 Å². The molecule has 4 rings (SSSR count). The fourth-order valence-corrected chi connectivity index (χ4v) is 3.50. The first-order valence-electron chi connectivity index (χ1n) is 8.80. The van der Waals surface area contributed by atoms with Crippen LogP contribution in [0.1, 0.15) is 18.4 Å². The molecule has 0 bridgehead atoms. The maximum Gasteiger partial charge on any atom is 0.433 e. The smallest absolute Gasteiger partial charge is 0.422 e. The topological polar surface area (TPSA) is 57.8 Å². The predicted molar refractivity (Wildman–Crippen MR) is 98.3 cm³/mol. The average molecular weight is 377 g/mol. The molecule has 0 aliphatic carbocycles. The number of hydrogen-bond donors (Lipinski definition) is 1. The first-order valence-corrected chi connectivity index (χ1v) is 8.80. The summed E-state index contributed by atoms with van der Waals surface area (Å²) in [7, 11) is 0. The molecule has 5 nitrogen and oxygen atoms in total. The van der Waals surface area contributed by atoms with Gasteiger partial charge in [0.25, 0.3) is 0 Å². The largest absolute Gasteiger partial charge is 0.433 e. The van der Waals surface area contributed by atoms with E-state index in [-0.39, 0.29) is 17.6 Å². The van der Waals surface area contributed by atoms with Crippen LogP contribution >= 0.6 is 0 Å². The monoisotopic (exact) mass is 377 g/mol. The molecule has 1 aromatic heterocycles. The Morgan fingerprint density at radius 1 is 1.15 bits per heavy atom. The summed E-state index contributed by atoms with van der Waals surface area (Å²) in [5.74, 6) is 0. The Hall–Kier alpha value is -2.61. The zero-order valence-electron chi connectivity index (χ0n) is 14.5. The second kappa shape index (κ2) is 6.84. The van der Waals surface area contributed by atoms with Crippen molar-refractivity contribution in [1.29, 1.82) is 0 Å². The number of rotatable bonds is 2. The number of allylic oxidation sites excluding steroid dienone is 2. The SMILES string of the molecule is O=c1oc2cc(N3CCNCC3)ccc2cc1C1=C(C(F)(F)F)N=CCC1. The van der Waals surface area contributed by atoms with Crippen LogP contribution in [0.2, 0.25) is 0 Å². The molecule has 142 valence electrons. The molecule has 2 aliphatic heterocycles. The number of nitrogens with one attached hydrogen (secondary N) is 1. The Balaban J connectivity index is 1.79. The lowest BCUT2D eigenvalue weighted by atomic mass is 9.97. The number of aliphatic imine (C=N–C) groups is 1. The molecule has 0 radical (unpaired) electrons. The van der Waals surface area contributed by atoms with E-state index in [9.17, 15) is 18.0 Å². The normalized spacial score (nSPS) is 18.4. The van der Waals surface area contributed by atoms with Crippen LogP contribution in [0.15, 0.2) is 44.2 Å². The van der Waals surface area contributed by atoms with Gasteiger partial charge < -0.3 is 14.6 Å². The lowest BCUT2D eigenvalue weighted by molar-refractivity contribution is -0.0919. The third-order valence-corrected chi connectivity index (χ3v) is 4.82. The Bertz CT molecular complexity index is 986. The molecule has 0 amide bonds. The van der Waals surface area contributed by atoms with Gasteiger partial charge in [-0.1, -0.05) is 0 Å². The molecule has 3 heterocycles. The lowest BCUT2D eigenvalue weighted by Gasteiger charge is -2.29. The average Bonchev–Trinajstić information content (AvgIpc) is 2.67. The second-order valence-corrected chi connectivity index (χ2v) is 6.58. The molecule has 0 saturated carbocycles. The van der Waals surface area contributed by atoms with Crippen molar-refractivity contribution in [3.8, 4) is 0 Å². The predicted octanol–water partition coefficient (Wildman–Crippen LogP) is 3.34. The van der Waals surface area contributed by atoms with Crippen molar-refractivity contribution in [3.63, 3.8) is 0 Å². The van der Waals surface area contributed by atoms with Gasteiger partial charge in [-0.05, 0) is 36.6 Å². The summed E-state index contributed by atoms with van der Waals surface area (Å²) in [6.45, 7) is 3.42. The zero-order valence-corrected chi connectivity index (χ0v) is 14.5. The van der Waals surface area contributed by atoms with E-state index < -0.39 is 17.5 Å². The van der Waals surface area contributed by atoms with E-state index in [4.69, 9.17) is 4.42 Å². The van der Waals surface area contributed by atoms with Crippen molar-refractivity contribution in [2.45, 2.75) is 19.0 Å². The minimum Gasteiger partial charge on any atom is -0.422 e. The van der Waals surface area contributed by atoms with E-state index in [1.807, 2.05) is 6.07 Å².